The third kappa shape index (κ3) is 1.94. The summed E-state index contributed by atoms with van der Waals surface area (Å²) in [6.07, 6.45) is 1.61. The van der Waals surface area contributed by atoms with Gasteiger partial charge in [0.25, 0.3) is 0 Å². The summed E-state index contributed by atoms with van der Waals surface area (Å²) in [7, 11) is 2.74. The van der Waals surface area contributed by atoms with E-state index in [9.17, 15) is 14.4 Å². The van der Waals surface area contributed by atoms with Crippen molar-refractivity contribution >= 4 is 23.1 Å². The number of carbonyl (C=O) groups is 3. The van der Waals surface area contributed by atoms with Gasteiger partial charge in [0.1, 0.15) is 11.4 Å². The van der Waals surface area contributed by atoms with E-state index >= 15 is 0 Å². The van der Waals surface area contributed by atoms with Gasteiger partial charge >= 0.3 is 5.97 Å². The molecule has 6 nitrogen and oxygen atoms in total. The van der Waals surface area contributed by atoms with Crippen LogP contribution in [0, 0.1) is 0 Å². The number of pyridine rings is 1. The van der Waals surface area contributed by atoms with E-state index in [1.807, 2.05) is 0 Å². The molecule has 0 bridgehead atoms. The number of ketones is 2. The minimum absolute atomic E-state index is 0.0730. The van der Waals surface area contributed by atoms with Gasteiger partial charge in [-0.05, 0) is 6.07 Å². The summed E-state index contributed by atoms with van der Waals surface area (Å²) in [6.45, 7) is 0. The Hall–Kier alpha value is -3.41. The van der Waals surface area contributed by atoms with Crippen molar-refractivity contribution in [3.63, 3.8) is 0 Å². The summed E-state index contributed by atoms with van der Waals surface area (Å²) < 4.78 is 11.6. The van der Waals surface area contributed by atoms with Gasteiger partial charge in [0.05, 0.1) is 30.9 Å². The normalized spacial score (nSPS) is 12.7. The van der Waals surface area contributed by atoms with Crippen molar-refractivity contribution in [3.05, 3.63) is 70.5 Å². The monoisotopic (exact) mass is 335 g/mol. The highest BCUT2D eigenvalue weighted by atomic mass is 16.5. The first-order valence-electron chi connectivity index (χ1n) is 7.57. The zero-order valence-electron chi connectivity index (χ0n) is 13.5. The van der Waals surface area contributed by atoms with Gasteiger partial charge in [-0.1, -0.05) is 24.3 Å². The minimum atomic E-state index is -0.674. The van der Waals surface area contributed by atoms with Crippen LogP contribution in [-0.2, 0) is 4.74 Å². The second-order valence-electron chi connectivity index (χ2n) is 5.62. The maximum Gasteiger partial charge on any atom is 0.340 e. The Labute approximate surface area is 142 Å². The number of aromatic nitrogens is 1. The molecule has 6 heteroatoms. The lowest BCUT2D eigenvalue weighted by atomic mass is 9.86. The lowest BCUT2D eigenvalue weighted by molar-refractivity contribution is 0.0600. The highest BCUT2D eigenvalue weighted by Crippen LogP contribution is 2.35. The van der Waals surface area contributed by atoms with Gasteiger partial charge in [-0.15, -0.1) is 0 Å². The summed E-state index contributed by atoms with van der Waals surface area (Å²) in [6, 6.07) is 9.85. The second-order valence-corrected chi connectivity index (χ2v) is 5.62. The fraction of sp³-hybridized carbons (Fsp3) is 0.105. The minimum Gasteiger partial charge on any atom is -0.497 e. The summed E-state index contributed by atoms with van der Waals surface area (Å²) in [5.74, 6) is -0.841. The van der Waals surface area contributed by atoms with Crippen LogP contribution >= 0.6 is 0 Å². The summed E-state index contributed by atoms with van der Waals surface area (Å²) in [4.78, 5) is 38.4. The van der Waals surface area contributed by atoms with Gasteiger partial charge in [-0.2, -0.15) is 0 Å². The molecule has 0 amide bonds. The molecular weight excluding hydrogens is 322 g/mol. The largest absolute Gasteiger partial charge is 0.497 e. The first kappa shape index (κ1) is 15.1. The molecular formula is C19H13NO5. The second kappa shape index (κ2) is 5.31. The Morgan fingerprint density at radius 1 is 1.00 bits per heavy atom. The molecule has 0 spiro atoms. The highest BCUT2D eigenvalue weighted by molar-refractivity contribution is 6.31. The fourth-order valence-electron chi connectivity index (χ4n) is 3.26. The molecule has 0 N–H and O–H groups in total. The van der Waals surface area contributed by atoms with E-state index < -0.39 is 5.97 Å². The van der Waals surface area contributed by atoms with Gasteiger partial charge in [0.15, 0.2) is 5.78 Å². The zero-order valence-corrected chi connectivity index (χ0v) is 13.5. The average molecular weight is 335 g/mol. The maximum absolute atomic E-state index is 13.0. The van der Waals surface area contributed by atoms with Crippen molar-refractivity contribution in [2.24, 2.45) is 0 Å². The first-order chi connectivity index (χ1) is 12.1. The third-order valence-electron chi connectivity index (χ3n) is 4.39. The first-order valence-corrected chi connectivity index (χ1v) is 7.57. The Bertz CT molecular complexity index is 1080. The molecule has 124 valence electrons. The van der Waals surface area contributed by atoms with Crippen LogP contribution in [0.15, 0.2) is 42.6 Å². The Morgan fingerprint density at radius 3 is 2.32 bits per heavy atom. The number of benzene rings is 1. The molecule has 1 aliphatic carbocycles. The van der Waals surface area contributed by atoms with E-state index in [0.717, 1.165) is 0 Å². The maximum atomic E-state index is 13.0. The topological polar surface area (TPSA) is 74.1 Å². The molecule has 0 fully saturated rings. The molecule has 2 heterocycles. The molecule has 0 unspecified atom stereocenters. The fourth-order valence-corrected chi connectivity index (χ4v) is 3.26. The molecule has 1 aliphatic rings. The van der Waals surface area contributed by atoms with E-state index in [1.54, 1.807) is 47.0 Å². The van der Waals surface area contributed by atoms with Crippen molar-refractivity contribution in [1.82, 2.24) is 4.40 Å². The van der Waals surface area contributed by atoms with E-state index in [-0.39, 0.29) is 34.0 Å². The molecule has 1 aromatic carbocycles. The molecule has 0 saturated heterocycles. The summed E-state index contributed by atoms with van der Waals surface area (Å²) in [5, 5.41) is 0. The van der Waals surface area contributed by atoms with Crippen LogP contribution in [0.5, 0.6) is 5.75 Å². The molecule has 3 aromatic rings. The molecule has 0 aliphatic heterocycles. The number of methoxy groups -OCH3 is 2. The van der Waals surface area contributed by atoms with Crippen LogP contribution in [0.3, 0.4) is 0 Å². The van der Waals surface area contributed by atoms with Gasteiger partial charge < -0.3 is 13.9 Å². The number of hydrogen-bond donors (Lipinski definition) is 0. The van der Waals surface area contributed by atoms with Gasteiger partial charge in [-0.25, -0.2) is 4.79 Å². The van der Waals surface area contributed by atoms with Crippen molar-refractivity contribution in [1.29, 1.82) is 0 Å². The number of nitrogens with zero attached hydrogens (tertiary/aromatic N) is 1. The molecule has 2 aromatic heterocycles. The van der Waals surface area contributed by atoms with E-state index in [1.165, 1.54) is 14.2 Å². The molecule has 0 atom stereocenters. The molecule has 4 rings (SSSR count). The van der Waals surface area contributed by atoms with Crippen LogP contribution in [0.1, 0.15) is 42.3 Å². The van der Waals surface area contributed by atoms with E-state index in [4.69, 9.17) is 9.47 Å². The van der Waals surface area contributed by atoms with Crippen LogP contribution in [0.25, 0.3) is 5.52 Å². The van der Waals surface area contributed by atoms with Gasteiger partial charge in [-0.3, -0.25) is 9.59 Å². The average Bonchev–Trinajstić information content (AvgIpc) is 3.00. The number of carbonyl (C=O) groups excluding carboxylic acids is 3. The van der Waals surface area contributed by atoms with Crippen molar-refractivity contribution in [3.8, 4) is 5.75 Å². The predicted molar refractivity (Wildman–Crippen MR) is 88.6 cm³/mol. The van der Waals surface area contributed by atoms with Crippen molar-refractivity contribution in [2.75, 3.05) is 14.2 Å². The van der Waals surface area contributed by atoms with Crippen LogP contribution in [-0.4, -0.2) is 36.2 Å². The lowest BCUT2D eigenvalue weighted by Crippen LogP contribution is -2.22. The molecule has 0 saturated carbocycles. The van der Waals surface area contributed by atoms with Gasteiger partial charge in [0.2, 0.25) is 5.78 Å². The highest BCUT2D eigenvalue weighted by Gasteiger charge is 2.38. The Morgan fingerprint density at radius 2 is 1.68 bits per heavy atom. The molecule has 25 heavy (non-hydrogen) atoms. The Balaban J connectivity index is 2.15. The zero-order chi connectivity index (χ0) is 17.7. The number of ether oxygens (including phenoxy) is 2. The Kier molecular flexibility index (Phi) is 3.21. The number of rotatable bonds is 2. The number of hydrogen-bond acceptors (Lipinski definition) is 5. The number of esters is 1. The third-order valence-corrected chi connectivity index (χ3v) is 4.39. The quantitative estimate of drug-likeness (QED) is 0.526. The summed E-state index contributed by atoms with van der Waals surface area (Å²) >= 11 is 0. The predicted octanol–water partition coefficient (Wildman–Crippen LogP) is 2.51. The number of fused-ring (bicyclic) bond motifs is 4. The smallest absolute Gasteiger partial charge is 0.340 e. The van der Waals surface area contributed by atoms with E-state index in [0.29, 0.717) is 16.8 Å². The van der Waals surface area contributed by atoms with Crippen LogP contribution in [0.2, 0.25) is 0 Å². The van der Waals surface area contributed by atoms with Crippen LogP contribution in [0.4, 0.5) is 0 Å². The molecule has 0 radical (unpaired) electrons. The lowest BCUT2D eigenvalue weighted by Gasteiger charge is -2.15. The van der Waals surface area contributed by atoms with E-state index in [2.05, 4.69) is 0 Å². The van der Waals surface area contributed by atoms with Crippen LogP contribution < -0.4 is 4.74 Å². The standard InChI is InChI=1S/C19H13NO5/c1-24-10-7-8-20-13(9-10)14(19(23)25-2)15-16(20)18(22)12-6-4-3-5-11(12)17(15)21/h3-9H,1-2H3. The van der Waals surface area contributed by atoms with Crippen molar-refractivity contribution in [2.45, 2.75) is 0 Å². The van der Waals surface area contributed by atoms with Crippen molar-refractivity contribution < 1.29 is 23.9 Å². The summed E-state index contributed by atoms with van der Waals surface area (Å²) in [5.41, 5.74) is 1.32. The van der Waals surface area contributed by atoms with Gasteiger partial charge in [0, 0.05) is 23.4 Å². The SMILES string of the molecule is COC(=O)c1c2c(n3ccc(OC)cc13)C(=O)c1ccccc1C2=O.